The van der Waals surface area contributed by atoms with Crippen LogP contribution in [0.15, 0.2) is 24.3 Å². The summed E-state index contributed by atoms with van der Waals surface area (Å²) in [4.78, 5) is 2.57. The second-order valence-corrected chi connectivity index (χ2v) is 5.12. The molecule has 1 saturated carbocycles. The molecule has 0 radical (unpaired) electrons. The van der Waals surface area contributed by atoms with Crippen molar-refractivity contribution in [2.75, 3.05) is 20.1 Å². The highest BCUT2D eigenvalue weighted by Gasteiger charge is 2.23. The minimum absolute atomic E-state index is 0.961. The molecule has 0 heterocycles. The molecular formula is C15H24N2. The van der Waals surface area contributed by atoms with Gasteiger partial charge in [-0.3, -0.25) is 4.90 Å². The Morgan fingerprint density at radius 2 is 2.06 bits per heavy atom. The molecule has 0 unspecified atom stereocenters. The standard InChI is InChI=1S/C15H24N2/c1-3-17(11-13-7-8-13)12-15-6-4-5-14(9-15)10-16-2/h4-6,9,13,16H,3,7-8,10-12H2,1-2H3. The van der Waals surface area contributed by atoms with Gasteiger partial charge in [0.2, 0.25) is 0 Å². The first kappa shape index (κ1) is 12.6. The highest BCUT2D eigenvalue weighted by molar-refractivity contribution is 5.23. The van der Waals surface area contributed by atoms with E-state index in [1.165, 1.54) is 30.5 Å². The number of benzene rings is 1. The lowest BCUT2D eigenvalue weighted by molar-refractivity contribution is 0.268. The molecule has 2 rings (SSSR count). The van der Waals surface area contributed by atoms with Gasteiger partial charge in [0.1, 0.15) is 0 Å². The molecule has 2 nitrogen and oxygen atoms in total. The number of nitrogens with zero attached hydrogens (tertiary/aromatic N) is 1. The molecule has 0 spiro atoms. The summed E-state index contributed by atoms with van der Waals surface area (Å²) in [6, 6.07) is 8.94. The maximum absolute atomic E-state index is 3.21. The SMILES string of the molecule is CCN(Cc1cccc(CNC)c1)CC1CC1. The number of nitrogens with one attached hydrogen (secondary N) is 1. The van der Waals surface area contributed by atoms with E-state index in [1.54, 1.807) is 0 Å². The second-order valence-electron chi connectivity index (χ2n) is 5.12. The lowest BCUT2D eigenvalue weighted by Crippen LogP contribution is -2.25. The van der Waals surface area contributed by atoms with Crippen LogP contribution in [0.3, 0.4) is 0 Å². The van der Waals surface area contributed by atoms with Crippen LogP contribution < -0.4 is 5.32 Å². The molecule has 0 bridgehead atoms. The van der Waals surface area contributed by atoms with E-state index in [4.69, 9.17) is 0 Å². The van der Waals surface area contributed by atoms with E-state index < -0.39 is 0 Å². The Morgan fingerprint density at radius 3 is 2.71 bits per heavy atom. The van der Waals surface area contributed by atoms with Crippen molar-refractivity contribution in [3.63, 3.8) is 0 Å². The van der Waals surface area contributed by atoms with Crippen LogP contribution >= 0.6 is 0 Å². The van der Waals surface area contributed by atoms with Crippen LogP contribution in [0.5, 0.6) is 0 Å². The number of hydrogen-bond acceptors (Lipinski definition) is 2. The van der Waals surface area contributed by atoms with E-state index in [-0.39, 0.29) is 0 Å². The van der Waals surface area contributed by atoms with E-state index in [0.717, 1.165) is 25.6 Å². The fourth-order valence-corrected chi connectivity index (χ4v) is 2.27. The molecule has 0 aromatic heterocycles. The van der Waals surface area contributed by atoms with E-state index in [9.17, 15) is 0 Å². The average molecular weight is 232 g/mol. The van der Waals surface area contributed by atoms with Crippen molar-refractivity contribution in [2.45, 2.75) is 32.9 Å². The van der Waals surface area contributed by atoms with Gasteiger partial charge in [-0.15, -0.1) is 0 Å². The number of rotatable bonds is 7. The predicted octanol–water partition coefficient (Wildman–Crippen LogP) is 2.64. The minimum Gasteiger partial charge on any atom is -0.316 e. The highest BCUT2D eigenvalue weighted by atomic mass is 15.1. The minimum atomic E-state index is 0.961. The highest BCUT2D eigenvalue weighted by Crippen LogP contribution is 2.30. The Balaban J connectivity index is 1.92. The van der Waals surface area contributed by atoms with Crippen LogP contribution in [0.1, 0.15) is 30.9 Å². The fourth-order valence-electron chi connectivity index (χ4n) is 2.27. The van der Waals surface area contributed by atoms with Gasteiger partial charge in [-0.1, -0.05) is 31.2 Å². The predicted molar refractivity (Wildman–Crippen MR) is 72.9 cm³/mol. The topological polar surface area (TPSA) is 15.3 Å². The Morgan fingerprint density at radius 1 is 1.29 bits per heavy atom. The monoisotopic (exact) mass is 232 g/mol. The molecule has 94 valence electrons. The van der Waals surface area contributed by atoms with Crippen molar-refractivity contribution in [3.05, 3.63) is 35.4 Å². The Hall–Kier alpha value is -0.860. The molecular weight excluding hydrogens is 208 g/mol. The molecule has 1 N–H and O–H groups in total. The van der Waals surface area contributed by atoms with Crippen LogP contribution in [0.4, 0.5) is 0 Å². The van der Waals surface area contributed by atoms with Crippen LogP contribution in [-0.4, -0.2) is 25.0 Å². The van der Waals surface area contributed by atoms with Gasteiger partial charge in [-0.2, -0.15) is 0 Å². The average Bonchev–Trinajstić information content (AvgIpc) is 3.13. The zero-order valence-corrected chi connectivity index (χ0v) is 11.1. The molecule has 0 amide bonds. The maximum Gasteiger partial charge on any atom is 0.0233 e. The molecule has 17 heavy (non-hydrogen) atoms. The second kappa shape index (κ2) is 6.18. The summed E-state index contributed by atoms with van der Waals surface area (Å²) in [6.45, 7) is 6.77. The third kappa shape index (κ3) is 4.14. The van der Waals surface area contributed by atoms with E-state index in [2.05, 4.69) is 41.4 Å². The molecule has 1 aliphatic carbocycles. The van der Waals surface area contributed by atoms with Crippen LogP contribution in [0.25, 0.3) is 0 Å². The molecule has 1 aromatic rings. The van der Waals surface area contributed by atoms with Crippen LogP contribution in [0.2, 0.25) is 0 Å². The normalized spacial score (nSPS) is 15.5. The number of hydrogen-bond donors (Lipinski definition) is 1. The quantitative estimate of drug-likeness (QED) is 0.777. The molecule has 0 aliphatic heterocycles. The zero-order valence-electron chi connectivity index (χ0n) is 11.1. The third-order valence-corrected chi connectivity index (χ3v) is 3.44. The van der Waals surface area contributed by atoms with Gasteiger partial charge < -0.3 is 5.32 Å². The summed E-state index contributed by atoms with van der Waals surface area (Å²) in [5.74, 6) is 0.982. The molecule has 1 aliphatic rings. The van der Waals surface area contributed by atoms with Gasteiger partial charge in [0.05, 0.1) is 0 Å². The van der Waals surface area contributed by atoms with Crippen molar-refractivity contribution < 1.29 is 0 Å². The van der Waals surface area contributed by atoms with Crippen LogP contribution in [0, 0.1) is 5.92 Å². The fraction of sp³-hybridized carbons (Fsp3) is 0.600. The summed E-state index contributed by atoms with van der Waals surface area (Å²) < 4.78 is 0. The van der Waals surface area contributed by atoms with Gasteiger partial charge >= 0.3 is 0 Å². The van der Waals surface area contributed by atoms with Gasteiger partial charge in [-0.05, 0) is 43.5 Å². The Labute approximate surface area is 105 Å². The van der Waals surface area contributed by atoms with Gasteiger partial charge in [-0.25, -0.2) is 0 Å². The summed E-state index contributed by atoms with van der Waals surface area (Å²) in [6.07, 6.45) is 2.88. The molecule has 1 fully saturated rings. The van der Waals surface area contributed by atoms with Crippen LogP contribution in [-0.2, 0) is 13.1 Å². The van der Waals surface area contributed by atoms with Gasteiger partial charge in [0.15, 0.2) is 0 Å². The van der Waals surface area contributed by atoms with E-state index in [1.807, 2.05) is 7.05 Å². The van der Waals surface area contributed by atoms with E-state index >= 15 is 0 Å². The lowest BCUT2D eigenvalue weighted by Gasteiger charge is -2.20. The summed E-state index contributed by atoms with van der Waals surface area (Å²) in [5, 5.41) is 3.21. The van der Waals surface area contributed by atoms with Crippen molar-refractivity contribution in [2.24, 2.45) is 5.92 Å². The van der Waals surface area contributed by atoms with Gasteiger partial charge in [0, 0.05) is 19.6 Å². The molecule has 1 aromatic carbocycles. The van der Waals surface area contributed by atoms with Crippen molar-refractivity contribution >= 4 is 0 Å². The smallest absolute Gasteiger partial charge is 0.0233 e. The van der Waals surface area contributed by atoms with Crippen molar-refractivity contribution in [1.29, 1.82) is 0 Å². The first-order chi connectivity index (χ1) is 8.31. The maximum atomic E-state index is 3.21. The Kier molecular flexibility index (Phi) is 4.57. The summed E-state index contributed by atoms with van der Waals surface area (Å²) in [5.41, 5.74) is 2.83. The summed E-state index contributed by atoms with van der Waals surface area (Å²) in [7, 11) is 2.00. The van der Waals surface area contributed by atoms with Crippen molar-refractivity contribution in [1.82, 2.24) is 10.2 Å². The van der Waals surface area contributed by atoms with Gasteiger partial charge in [0.25, 0.3) is 0 Å². The third-order valence-electron chi connectivity index (χ3n) is 3.44. The van der Waals surface area contributed by atoms with Crippen molar-refractivity contribution in [3.8, 4) is 0 Å². The molecule has 0 saturated heterocycles. The molecule has 2 heteroatoms. The lowest BCUT2D eigenvalue weighted by atomic mass is 10.1. The zero-order chi connectivity index (χ0) is 12.1. The largest absolute Gasteiger partial charge is 0.316 e. The Bertz CT molecular complexity index is 345. The first-order valence-corrected chi connectivity index (χ1v) is 6.76. The molecule has 0 atom stereocenters. The summed E-state index contributed by atoms with van der Waals surface area (Å²) >= 11 is 0. The first-order valence-electron chi connectivity index (χ1n) is 6.76. The van der Waals surface area contributed by atoms with E-state index in [0.29, 0.717) is 0 Å².